The van der Waals surface area contributed by atoms with E-state index in [1.54, 1.807) is 0 Å². The van der Waals surface area contributed by atoms with E-state index in [-0.39, 0.29) is 0 Å². The minimum Gasteiger partial charge on any atom is -0.201 e. The van der Waals surface area contributed by atoms with Gasteiger partial charge in [-0.1, -0.05) is 48.5 Å². The lowest BCUT2D eigenvalue weighted by molar-refractivity contribution is -0.689. The van der Waals surface area contributed by atoms with E-state index in [0.717, 1.165) is 37.3 Å². The molecule has 6 heteroatoms. The van der Waals surface area contributed by atoms with Gasteiger partial charge in [0.05, 0.1) is 0 Å². The van der Waals surface area contributed by atoms with Crippen LogP contribution in [0.25, 0.3) is 33.4 Å². The molecule has 8 aromatic rings. The van der Waals surface area contributed by atoms with E-state index in [9.17, 15) is 0 Å². The van der Waals surface area contributed by atoms with Crippen molar-refractivity contribution in [3.05, 3.63) is 218 Å². The van der Waals surface area contributed by atoms with E-state index in [1.807, 2.05) is 33.9 Å². The molecular weight excluding hydrogens is 709 g/mol. The molecule has 2 aromatic carbocycles. The monoisotopic (exact) mass is 754 g/mol. The van der Waals surface area contributed by atoms with Gasteiger partial charge >= 0.3 is 0 Å². The summed E-state index contributed by atoms with van der Waals surface area (Å²) in [5.41, 5.74) is 12.4. The molecule has 16 aliphatic rings. The lowest BCUT2D eigenvalue weighted by atomic mass is 10.1. The number of terminal acetylenes is 2. The highest BCUT2D eigenvalue weighted by Gasteiger charge is 2.12. The minimum atomic E-state index is 0.594. The van der Waals surface area contributed by atoms with Crippen LogP contribution in [0.3, 0.4) is 0 Å². The number of nitrogens with zero attached hydrogens (tertiary/aromatic N) is 6. The van der Waals surface area contributed by atoms with Gasteiger partial charge in [-0.3, -0.25) is 0 Å². The van der Waals surface area contributed by atoms with Crippen LogP contribution in [0, 0.1) is 24.7 Å². The van der Waals surface area contributed by atoms with Crippen molar-refractivity contribution in [1.82, 2.24) is 0 Å². The highest BCUT2D eigenvalue weighted by atomic mass is 14.9. The predicted octanol–water partition coefficient (Wildman–Crippen LogP) is 5.87. The molecule has 0 amide bonds. The predicted molar refractivity (Wildman–Crippen MR) is 224 cm³/mol. The van der Waals surface area contributed by atoms with Crippen molar-refractivity contribution in [3.63, 3.8) is 0 Å². The van der Waals surface area contributed by atoms with Crippen molar-refractivity contribution in [2.24, 2.45) is 0 Å². The fourth-order valence-electron chi connectivity index (χ4n) is 7.09. The molecule has 0 unspecified atom stereocenters. The Morgan fingerprint density at radius 2 is 0.483 bits per heavy atom. The van der Waals surface area contributed by atoms with Crippen LogP contribution in [-0.2, 0) is 39.3 Å². The Balaban J connectivity index is 0.000000219. The number of benzene rings is 2. The molecule has 0 atom stereocenters. The molecule has 6 nitrogen and oxygen atoms in total. The first-order valence-electron chi connectivity index (χ1n) is 19.6. The molecule has 12 bridgehead atoms. The van der Waals surface area contributed by atoms with Gasteiger partial charge in [0.1, 0.15) is 0 Å². The largest absolute Gasteiger partial charge is 0.208 e. The Hall–Kier alpha value is -7.54. The molecule has 22 heterocycles. The average Bonchev–Trinajstić information content (AvgIpc) is 3.27. The lowest BCUT2D eigenvalue weighted by Gasteiger charge is -2.05. The van der Waals surface area contributed by atoms with Crippen molar-refractivity contribution >= 4 is 0 Å². The van der Waals surface area contributed by atoms with E-state index in [1.165, 1.54) is 44.5 Å². The summed E-state index contributed by atoms with van der Waals surface area (Å²) in [5.74, 6) is 5.21. The molecule has 278 valence electrons. The molecule has 0 aliphatic carbocycles. The number of aromatic nitrogens is 6. The Morgan fingerprint density at radius 3 is 0.672 bits per heavy atom. The van der Waals surface area contributed by atoms with Crippen molar-refractivity contribution < 1.29 is 27.4 Å². The van der Waals surface area contributed by atoms with Crippen molar-refractivity contribution in [1.29, 1.82) is 0 Å². The summed E-state index contributed by atoms with van der Waals surface area (Å²) >= 11 is 0. The van der Waals surface area contributed by atoms with Gasteiger partial charge < -0.3 is 0 Å². The number of rotatable bonds is 3. The van der Waals surface area contributed by atoms with E-state index in [4.69, 9.17) is 12.8 Å². The summed E-state index contributed by atoms with van der Waals surface area (Å²) in [6.45, 7) is 4.61. The van der Waals surface area contributed by atoms with Crippen LogP contribution >= 0.6 is 0 Å². The Morgan fingerprint density at radius 1 is 0.293 bits per heavy atom. The standard InChI is InChI=1S/C36H32N4.C16H14N2/c1-2-30-4-3-29(1)25-37-17-9-33(10-18-37)35-13-21-39(22-14-35)27-31-5-7-32(8-6-31)28-40-23-15-36(16-24-40)34-11-19-38(26-30)20-12-34;1-3-9-17-11-5-15(6-12-17)16-7-13-18(10-4-2)14-8-16/h1-24H,25-28H2;1-2,5-8,11-14H,9-10H2/q+4;+2. The molecular formula is C52H46N6+6. The highest BCUT2D eigenvalue weighted by Crippen LogP contribution is 2.18. The molecule has 0 saturated heterocycles. The normalized spacial score (nSPS) is 11.6. The third-order valence-corrected chi connectivity index (χ3v) is 10.4. The average molecular weight is 755 g/mol. The molecule has 0 fully saturated rings. The van der Waals surface area contributed by atoms with E-state index in [2.05, 4.69) is 201 Å². The summed E-state index contributed by atoms with van der Waals surface area (Å²) in [6.07, 6.45) is 35.8. The fraction of sp³-hybridized carbons (Fsp3) is 0.115. The van der Waals surface area contributed by atoms with Gasteiger partial charge in [0, 0.05) is 95.1 Å². The number of hydrogen-bond donors (Lipinski definition) is 0. The lowest BCUT2D eigenvalue weighted by Crippen LogP contribution is -2.34. The molecule has 24 rings (SSSR count). The van der Waals surface area contributed by atoms with Crippen LogP contribution in [0.15, 0.2) is 196 Å². The Bertz CT molecular complexity index is 2330. The third-order valence-electron chi connectivity index (χ3n) is 10.4. The van der Waals surface area contributed by atoms with Crippen LogP contribution in [0.4, 0.5) is 0 Å². The van der Waals surface area contributed by atoms with Crippen LogP contribution in [-0.4, -0.2) is 0 Å². The van der Waals surface area contributed by atoms with Crippen molar-refractivity contribution in [2.45, 2.75) is 39.3 Å². The van der Waals surface area contributed by atoms with Gasteiger partial charge in [0.2, 0.25) is 13.1 Å². The zero-order chi connectivity index (χ0) is 39.5. The molecule has 58 heavy (non-hydrogen) atoms. The smallest absolute Gasteiger partial charge is 0.201 e. The Labute approximate surface area is 341 Å². The minimum absolute atomic E-state index is 0.594. The second kappa shape index (κ2) is 17.9. The van der Waals surface area contributed by atoms with Gasteiger partial charge in [-0.15, -0.1) is 12.8 Å². The number of hydrogen-bond acceptors (Lipinski definition) is 0. The zero-order valence-corrected chi connectivity index (χ0v) is 32.6. The van der Waals surface area contributed by atoms with Gasteiger partial charge in [-0.25, -0.2) is 18.3 Å². The van der Waals surface area contributed by atoms with Crippen LogP contribution in [0.2, 0.25) is 0 Å². The summed E-state index contributed by atoms with van der Waals surface area (Å²) in [6, 6.07) is 43.7. The maximum Gasteiger partial charge on any atom is 0.208 e. The molecule has 0 radical (unpaired) electrons. The Kier molecular flexibility index (Phi) is 11.6. The quantitative estimate of drug-likeness (QED) is 0.159. The summed E-state index contributed by atoms with van der Waals surface area (Å²) in [4.78, 5) is 0. The van der Waals surface area contributed by atoms with E-state index >= 15 is 0 Å². The first kappa shape index (κ1) is 37.4. The van der Waals surface area contributed by atoms with Gasteiger partial charge in [0.25, 0.3) is 0 Å². The SMILES string of the molecule is C#CC[n+]1ccc(-c2cc[n+](CC#C)cc2)cc1.c1cc2ccc1C[n+]1ccc(cc1)-c1cc[n+](cc1)Cc1ccc(cc1)C[n+]1ccc(cc1)-c1cc[n+](cc1)C2. The van der Waals surface area contributed by atoms with Gasteiger partial charge in [0.15, 0.2) is 101 Å². The van der Waals surface area contributed by atoms with Gasteiger partial charge in [-0.05, 0) is 45.2 Å². The van der Waals surface area contributed by atoms with Crippen molar-refractivity contribution in [2.75, 3.05) is 0 Å². The maximum atomic E-state index is 5.27. The van der Waals surface area contributed by atoms with Crippen LogP contribution in [0.1, 0.15) is 22.3 Å². The highest BCUT2D eigenvalue weighted by molar-refractivity contribution is 5.62. The fourth-order valence-corrected chi connectivity index (χ4v) is 7.09. The zero-order valence-electron chi connectivity index (χ0n) is 32.6. The first-order valence-corrected chi connectivity index (χ1v) is 19.6. The third kappa shape index (κ3) is 9.63. The molecule has 16 aliphatic heterocycles. The van der Waals surface area contributed by atoms with E-state index < -0.39 is 0 Å². The second-order valence-electron chi connectivity index (χ2n) is 14.6. The molecule has 6 aromatic heterocycles. The number of pyridine rings is 6. The van der Waals surface area contributed by atoms with E-state index in [0.29, 0.717) is 13.1 Å². The van der Waals surface area contributed by atoms with Crippen LogP contribution < -0.4 is 27.4 Å². The first-order chi connectivity index (χ1) is 28.6. The summed E-state index contributed by atoms with van der Waals surface area (Å²) < 4.78 is 12.9. The topological polar surface area (TPSA) is 23.3 Å². The van der Waals surface area contributed by atoms with Crippen LogP contribution in [0.5, 0.6) is 0 Å². The molecule has 0 saturated carbocycles. The van der Waals surface area contributed by atoms with Gasteiger partial charge in [-0.2, -0.15) is 9.13 Å². The second-order valence-corrected chi connectivity index (χ2v) is 14.6. The molecule has 0 spiro atoms. The summed E-state index contributed by atoms with van der Waals surface area (Å²) in [5, 5.41) is 0. The molecule has 0 N–H and O–H groups in total. The maximum absolute atomic E-state index is 5.27. The van der Waals surface area contributed by atoms with Crippen molar-refractivity contribution in [3.8, 4) is 58.1 Å². The summed E-state index contributed by atoms with van der Waals surface area (Å²) in [7, 11) is 0.